The number of hydrogen-bond donors (Lipinski definition) is 1. The summed E-state index contributed by atoms with van der Waals surface area (Å²) in [6.45, 7) is 4.43. The van der Waals surface area contributed by atoms with Gasteiger partial charge in [0.1, 0.15) is 17.4 Å². The van der Waals surface area contributed by atoms with Crippen molar-refractivity contribution >= 4 is 22.6 Å². The van der Waals surface area contributed by atoms with Crippen LogP contribution in [0.4, 0.5) is 14.9 Å². The summed E-state index contributed by atoms with van der Waals surface area (Å²) in [4.78, 5) is 34.0. The minimum atomic E-state index is -0.684. The number of benzene rings is 4. The van der Waals surface area contributed by atoms with Crippen molar-refractivity contribution < 1.29 is 13.9 Å². The van der Waals surface area contributed by atoms with Gasteiger partial charge in [0.2, 0.25) is 0 Å². The van der Waals surface area contributed by atoms with Gasteiger partial charge in [0.25, 0.3) is 5.56 Å². The molecule has 0 spiro atoms. The van der Waals surface area contributed by atoms with E-state index in [4.69, 9.17) is 9.72 Å². The number of para-hydroxylation sites is 2. The number of carbonyl (C=O) groups excluding carboxylic acids is 1. The zero-order chi connectivity index (χ0) is 28.1. The van der Waals surface area contributed by atoms with E-state index in [1.807, 2.05) is 50.2 Å². The summed E-state index contributed by atoms with van der Waals surface area (Å²) in [6, 6.07) is 28.6. The Balaban J connectivity index is 1.63. The average molecular weight is 537 g/mol. The van der Waals surface area contributed by atoms with Gasteiger partial charge in [-0.2, -0.15) is 0 Å². The highest BCUT2D eigenvalue weighted by Crippen LogP contribution is 2.27. The second kappa shape index (κ2) is 11.8. The number of nitrogens with one attached hydrogen (secondary N) is 1. The quantitative estimate of drug-likeness (QED) is 0.239. The van der Waals surface area contributed by atoms with E-state index < -0.39 is 17.9 Å². The fourth-order valence-electron chi connectivity index (χ4n) is 4.59. The third-order valence-electron chi connectivity index (χ3n) is 6.62. The molecule has 0 saturated heterocycles. The predicted octanol–water partition coefficient (Wildman–Crippen LogP) is 6.72. The summed E-state index contributed by atoms with van der Waals surface area (Å²) < 4.78 is 21.6. The Morgan fingerprint density at radius 2 is 1.62 bits per heavy atom. The number of fused-ring (bicyclic) bond motifs is 1. The molecule has 1 atom stereocenters. The second-order valence-corrected chi connectivity index (χ2v) is 9.25. The van der Waals surface area contributed by atoms with Gasteiger partial charge in [-0.1, -0.05) is 54.6 Å². The molecule has 1 unspecified atom stereocenters. The molecule has 5 aromatic rings. The van der Waals surface area contributed by atoms with Gasteiger partial charge in [0.15, 0.2) is 0 Å². The molecular formula is C32H29FN4O3. The zero-order valence-electron chi connectivity index (χ0n) is 22.3. The topological polar surface area (TPSA) is 76.5 Å². The average Bonchev–Trinajstić information content (AvgIpc) is 2.98. The summed E-state index contributed by atoms with van der Waals surface area (Å²) in [5, 5.41) is 3.15. The highest BCUT2D eigenvalue weighted by molar-refractivity contribution is 5.89. The van der Waals surface area contributed by atoms with Crippen LogP contribution in [0.15, 0.2) is 108 Å². The predicted molar refractivity (Wildman–Crippen MR) is 154 cm³/mol. The smallest absolute Gasteiger partial charge is 0.322 e. The zero-order valence-corrected chi connectivity index (χ0v) is 22.3. The minimum absolute atomic E-state index is 0.0631. The molecule has 0 saturated carbocycles. The number of hydrogen-bond acceptors (Lipinski definition) is 4. The minimum Gasteiger partial charge on any atom is -0.494 e. The Labute approximate surface area is 231 Å². The van der Waals surface area contributed by atoms with Crippen molar-refractivity contribution in [3.05, 3.63) is 131 Å². The van der Waals surface area contributed by atoms with Gasteiger partial charge in [-0.05, 0) is 67.9 Å². The number of ether oxygens (including phenoxy) is 1. The Bertz CT molecular complexity index is 1690. The molecular weight excluding hydrogens is 507 g/mol. The highest BCUT2D eigenvalue weighted by Gasteiger charge is 2.28. The molecule has 4 aromatic carbocycles. The first kappa shape index (κ1) is 26.6. The lowest BCUT2D eigenvalue weighted by atomic mass is 10.1. The number of carbonyl (C=O) groups is 1. The molecule has 0 fully saturated rings. The maximum absolute atomic E-state index is 14.5. The van der Waals surface area contributed by atoms with Crippen LogP contribution >= 0.6 is 0 Å². The maximum Gasteiger partial charge on any atom is 0.322 e. The largest absolute Gasteiger partial charge is 0.494 e. The molecule has 1 aromatic heterocycles. The van der Waals surface area contributed by atoms with Crippen molar-refractivity contribution in [1.29, 1.82) is 0 Å². The Morgan fingerprint density at radius 3 is 2.35 bits per heavy atom. The van der Waals surface area contributed by atoms with Crippen molar-refractivity contribution in [2.45, 2.75) is 26.4 Å². The monoisotopic (exact) mass is 536 g/mol. The lowest BCUT2D eigenvalue weighted by Crippen LogP contribution is -2.39. The van der Waals surface area contributed by atoms with Crippen LogP contribution in [0.3, 0.4) is 0 Å². The van der Waals surface area contributed by atoms with Gasteiger partial charge in [-0.15, -0.1) is 0 Å². The number of urea groups is 1. The number of halogens is 1. The number of nitrogens with zero attached hydrogens (tertiary/aromatic N) is 3. The molecule has 0 radical (unpaired) electrons. The third-order valence-corrected chi connectivity index (χ3v) is 6.62. The summed E-state index contributed by atoms with van der Waals surface area (Å²) in [5.74, 6) is 0.503. The number of aromatic nitrogens is 2. The van der Waals surface area contributed by atoms with Crippen LogP contribution in [0, 0.1) is 5.82 Å². The van der Waals surface area contributed by atoms with Crippen LogP contribution < -0.4 is 15.6 Å². The number of anilines is 1. The van der Waals surface area contributed by atoms with Crippen molar-refractivity contribution in [1.82, 2.24) is 14.5 Å². The Kier molecular flexibility index (Phi) is 7.87. The number of amides is 2. The summed E-state index contributed by atoms with van der Waals surface area (Å²) in [6.07, 6.45) is 0. The molecule has 1 N–H and O–H groups in total. The molecule has 0 aliphatic carbocycles. The summed E-state index contributed by atoms with van der Waals surface area (Å²) in [5.41, 5.74) is 1.78. The van der Waals surface area contributed by atoms with Gasteiger partial charge in [0, 0.05) is 6.54 Å². The van der Waals surface area contributed by atoms with Crippen molar-refractivity contribution in [3.8, 4) is 11.4 Å². The highest BCUT2D eigenvalue weighted by atomic mass is 19.1. The van der Waals surface area contributed by atoms with Gasteiger partial charge in [-0.25, -0.2) is 14.2 Å². The molecule has 8 heteroatoms. The third kappa shape index (κ3) is 5.56. The Morgan fingerprint density at radius 1 is 0.950 bits per heavy atom. The van der Waals surface area contributed by atoms with Gasteiger partial charge in [0.05, 0.1) is 34.9 Å². The lowest BCUT2D eigenvalue weighted by molar-refractivity contribution is 0.185. The molecule has 2 amide bonds. The first-order valence-electron chi connectivity index (χ1n) is 13.1. The Hall–Kier alpha value is -4.98. The molecule has 202 valence electrons. The molecule has 5 rings (SSSR count). The van der Waals surface area contributed by atoms with Crippen LogP contribution in [0.1, 0.15) is 31.3 Å². The van der Waals surface area contributed by atoms with Crippen molar-refractivity contribution in [2.24, 2.45) is 0 Å². The summed E-state index contributed by atoms with van der Waals surface area (Å²) in [7, 11) is 0. The van der Waals surface area contributed by atoms with E-state index in [9.17, 15) is 14.0 Å². The molecule has 1 heterocycles. The van der Waals surface area contributed by atoms with Gasteiger partial charge in [-0.3, -0.25) is 9.36 Å². The number of rotatable bonds is 8. The first-order valence-corrected chi connectivity index (χ1v) is 13.1. The van der Waals surface area contributed by atoms with Crippen LogP contribution in [0.2, 0.25) is 0 Å². The van der Waals surface area contributed by atoms with Crippen LogP contribution in [0.25, 0.3) is 16.6 Å². The van der Waals surface area contributed by atoms with E-state index in [1.54, 1.807) is 59.5 Å². The molecule has 0 aliphatic rings. The molecule has 7 nitrogen and oxygen atoms in total. The van der Waals surface area contributed by atoms with Crippen molar-refractivity contribution in [2.75, 3.05) is 11.9 Å². The SMILES string of the molecule is CCOc1ccc(-n2c(C(C)N(Cc3ccccc3)C(=O)Nc3ccccc3F)nc3ccccc3c2=O)cc1. The van der Waals surface area contributed by atoms with Crippen LogP contribution in [-0.2, 0) is 6.54 Å². The van der Waals surface area contributed by atoms with Gasteiger partial charge >= 0.3 is 6.03 Å². The fraction of sp³-hybridized carbons (Fsp3) is 0.156. The van der Waals surface area contributed by atoms with Crippen LogP contribution in [0.5, 0.6) is 5.75 Å². The van der Waals surface area contributed by atoms with E-state index in [-0.39, 0.29) is 17.8 Å². The maximum atomic E-state index is 14.5. The van der Waals surface area contributed by atoms with E-state index in [0.717, 1.165) is 5.56 Å². The molecule has 0 aliphatic heterocycles. The first-order chi connectivity index (χ1) is 19.5. The fourth-order valence-corrected chi connectivity index (χ4v) is 4.59. The normalized spacial score (nSPS) is 11.7. The molecule has 40 heavy (non-hydrogen) atoms. The molecule has 0 bridgehead atoms. The van der Waals surface area contributed by atoms with Crippen LogP contribution in [-0.4, -0.2) is 27.1 Å². The van der Waals surface area contributed by atoms with E-state index >= 15 is 0 Å². The van der Waals surface area contributed by atoms with E-state index in [2.05, 4.69) is 5.32 Å². The van der Waals surface area contributed by atoms with Crippen molar-refractivity contribution in [3.63, 3.8) is 0 Å². The van der Waals surface area contributed by atoms with E-state index in [1.165, 1.54) is 16.7 Å². The van der Waals surface area contributed by atoms with E-state index in [0.29, 0.717) is 34.8 Å². The standard InChI is InChI=1S/C32H29FN4O3/c1-3-40-25-19-17-24(18-20-25)37-30(34-28-15-9-7-13-26(28)31(37)38)22(2)36(21-23-11-5-4-6-12-23)32(39)35-29-16-10-8-14-27(29)33/h4-20,22H,3,21H2,1-2H3,(H,35,39). The summed E-state index contributed by atoms with van der Waals surface area (Å²) >= 11 is 0. The van der Waals surface area contributed by atoms with Gasteiger partial charge < -0.3 is 15.0 Å². The lowest BCUT2D eigenvalue weighted by Gasteiger charge is -2.31. The second-order valence-electron chi connectivity index (χ2n) is 9.25.